The molecule has 0 aromatic carbocycles. The van der Waals surface area contributed by atoms with E-state index in [1.165, 1.54) is 22.9 Å². The Morgan fingerprint density at radius 3 is 2.81 bits per heavy atom. The number of aromatic nitrogens is 2. The fourth-order valence-electron chi connectivity index (χ4n) is 1.48. The minimum Gasteiger partial charge on any atom is -0.477 e. The van der Waals surface area contributed by atoms with Crippen molar-refractivity contribution in [1.29, 1.82) is 0 Å². The van der Waals surface area contributed by atoms with Gasteiger partial charge in [0.25, 0.3) is 0 Å². The van der Waals surface area contributed by atoms with E-state index in [9.17, 15) is 9.59 Å². The number of halogens is 1. The molecule has 0 fully saturated rings. The summed E-state index contributed by atoms with van der Waals surface area (Å²) in [5.41, 5.74) is -0.466. The number of carboxylic acids is 1. The molecule has 2 aromatic heterocycles. The molecule has 2 heterocycles. The number of rotatable bonds is 1. The Morgan fingerprint density at radius 2 is 2.19 bits per heavy atom. The van der Waals surface area contributed by atoms with Crippen molar-refractivity contribution in [3.63, 3.8) is 0 Å². The Kier molecular flexibility index (Phi) is 2.40. The number of hydrogen-bond donors (Lipinski definition) is 1. The highest BCUT2D eigenvalue weighted by atomic mass is 35.5. The normalized spacial score (nSPS) is 10.6. The summed E-state index contributed by atoms with van der Waals surface area (Å²) < 4.78 is 1.46. The molecule has 0 aliphatic carbocycles. The zero-order valence-corrected chi connectivity index (χ0v) is 9.02. The minimum atomic E-state index is -1.25. The molecule has 0 saturated carbocycles. The summed E-state index contributed by atoms with van der Waals surface area (Å²) in [6.07, 6.45) is 1.23. The van der Waals surface area contributed by atoms with E-state index in [2.05, 4.69) is 4.98 Å². The third kappa shape index (κ3) is 1.55. The van der Waals surface area contributed by atoms with Crippen LogP contribution in [-0.4, -0.2) is 20.6 Å². The molecule has 6 heteroatoms. The number of fused-ring (bicyclic) bond motifs is 1. The fraction of sp³-hybridized carbons (Fsp3) is 0.100. The molecule has 0 radical (unpaired) electrons. The van der Waals surface area contributed by atoms with E-state index in [1.807, 2.05) is 0 Å². The third-order valence-electron chi connectivity index (χ3n) is 2.22. The van der Waals surface area contributed by atoms with Crippen molar-refractivity contribution in [3.05, 3.63) is 39.3 Å². The average molecular weight is 239 g/mol. The molecule has 1 N–H and O–H groups in total. The SMILES string of the molecule is Cn1cc(C(=O)O)c(=O)c2ccc(Cl)nc21. The van der Waals surface area contributed by atoms with E-state index in [4.69, 9.17) is 16.7 Å². The smallest absolute Gasteiger partial charge is 0.341 e. The molecule has 0 aliphatic heterocycles. The number of carboxylic acid groups (broad SMARTS) is 1. The molecule has 0 aliphatic rings. The number of aryl methyl sites for hydroxylation is 1. The molecule has 82 valence electrons. The van der Waals surface area contributed by atoms with Crippen LogP contribution in [0.5, 0.6) is 0 Å². The highest BCUT2D eigenvalue weighted by Gasteiger charge is 2.13. The van der Waals surface area contributed by atoms with Gasteiger partial charge in [-0.1, -0.05) is 11.6 Å². The van der Waals surface area contributed by atoms with Gasteiger partial charge in [0.1, 0.15) is 16.4 Å². The van der Waals surface area contributed by atoms with Crippen LogP contribution >= 0.6 is 11.6 Å². The molecule has 0 saturated heterocycles. The molecule has 0 bridgehead atoms. The van der Waals surface area contributed by atoms with Gasteiger partial charge in [-0.25, -0.2) is 9.78 Å². The van der Waals surface area contributed by atoms with Crippen molar-refractivity contribution in [2.45, 2.75) is 0 Å². The van der Waals surface area contributed by atoms with Gasteiger partial charge in [-0.15, -0.1) is 0 Å². The van der Waals surface area contributed by atoms with Gasteiger partial charge in [-0.2, -0.15) is 0 Å². The predicted octanol–water partition coefficient (Wildman–Crippen LogP) is 1.29. The van der Waals surface area contributed by atoms with Gasteiger partial charge in [-0.05, 0) is 12.1 Å². The van der Waals surface area contributed by atoms with Crippen molar-refractivity contribution >= 4 is 28.6 Å². The second kappa shape index (κ2) is 3.61. The largest absolute Gasteiger partial charge is 0.477 e. The second-order valence-electron chi connectivity index (χ2n) is 3.29. The molecule has 16 heavy (non-hydrogen) atoms. The maximum Gasteiger partial charge on any atom is 0.341 e. The average Bonchev–Trinajstić information content (AvgIpc) is 2.22. The van der Waals surface area contributed by atoms with Gasteiger partial charge in [0.2, 0.25) is 5.43 Å². The van der Waals surface area contributed by atoms with Crippen LogP contribution in [0.3, 0.4) is 0 Å². The van der Waals surface area contributed by atoms with E-state index >= 15 is 0 Å². The first-order valence-electron chi connectivity index (χ1n) is 4.40. The summed E-state index contributed by atoms with van der Waals surface area (Å²) >= 11 is 5.70. The van der Waals surface area contributed by atoms with E-state index in [1.54, 1.807) is 7.05 Å². The number of hydrogen-bond acceptors (Lipinski definition) is 3. The van der Waals surface area contributed by atoms with Crippen molar-refractivity contribution in [3.8, 4) is 0 Å². The Morgan fingerprint density at radius 1 is 1.50 bits per heavy atom. The maximum atomic E-state index is 11.8. The van der Waals surface area contributed by atoms with Gasteiger partial charge >= 0.3 is 5.97 Å². The zero-order chi connectivity index (χ0) is 11.9. The van der Waals surface area contributed by atoms with Crippen molar-refractivity contribution in [2.75, 3.05) is 0 Å². The number of aromatic carboxylic acids is 1. The quantitative estimate of drug-likeness (QED) is 0.760. The zero-order valence-electron chi connectivity index (χ0n) is 8.27. The predicted molar refractivity (Wildman–Crippen MR) is 59.0 cm³/mol. The summed E-state index contributed by atoms with van der Waals surface area (Å²) in [5, 5.41) is 9.34. The van der Waals surface area contributed by atoms with E-state index in [-0.39, 0.29) is 16.1 Å². The van der Waals surface area contributed by atoms with Gasteiger partial charge in [0, 0.05) is 13.2 Å². The lowest BCUT2D eigenvalue weighted by molar-refractivity contribution is 0.0695. The summed E-state index contributed by atoms with van der Waals surface area (Å²) in [5.74, 6) is -1.25. The number of carbonyl (C=O) groups is 1. The van der Waals surface area contributed by atoms with Crippen LogP contribution in [0.25, 0.3) is 11.0 Å². The van der Waals surface area contributed by atoms with Crippen LogP contribution < -0.4 is 5.43 Å². The molecule has 0 amide bonds. The lowest BCUT2D eigenvalue weighted by atomic mass is 10.2. The van der Waals surface area contributed by atoms with Gasteiger partial charge < -0.3 is 9.67 Å². The van der Waals surface area contributed by atoms with Crippen LogP contribution in [0.2, 0.25) is 5.15 Å². The highest BCUT2D eigenvalue weighted by molar-refractivity contribution is 6.29. The highest BCUT2D eigenvalue weighted by Crippen LogP contribution is 2.12. The molecule has 5 nitrogen and oxygen atoms in total. The lowest BCUT2D eigenvalue weighted by Gasteiger charge is -2.05. The van der Waals surface area contributed by atoms with Crippen molar-refractivity contribution in [2.24, 2.45) is 7.05 Å². The van der Waals surface area contributed by atoms with Gasteiger partial charge in [0.05, 0.1) is 5.39 Å². The monoisotopic (exact) mass is 238 g/mol. The van der Waals surface area contributed by atoms with Gasteiger partial charge in [0.15, 0.2) is 0 Å². The van der Waals surface area contributed by atoms with Crippen LogP contribution in [0.15, 0.2) is 23.1 Å². The molecule has 0 atom stereocenters. The van der Waals surface area contributed by atoms with Crippen LogP contribution in [-0.2, 0) is 7.05 Å². The molecule has 0 spiro atoms. The number of nitrogens with zero attached hydrogens (tertiary/aromatic N) is 2. The summed E-state index contributed by atoms with van der Waals surface area (Å²) in [6, 6.07) is 2.93. The van der Waals surface area contributed by atoms with E-state index in [0.717, 1.165) is 0 Å². The van der Waals surface area contributed by atoms with Crippen molar-refractivity contribution in [1.82, 2.24) is 9.55 Å². The minimum absolute atomic E-state index is 0.242. The summed E-state index contributed by atoms with van der Waals surface area (Å²) in [4.78, 5) is 26.6. The topological polar surface area (TPSA) is 72.2 Å². The Balaban J connectivity index is 2.96. The third-order valence-corrected chi connectivity index (χ3v) is 2.43. The first-order chi connectivity index (χ1) is 7.50. The molecular weight excluding hydrogens is 232 g/mol. The molecule has 2 rings (SSSR count). The summed E-state index contributed by atoms with van der Waals surface area (Å²) in [6.45, 7) is 0. The van der Waals surface area contributed by atoms with Crippen LogP contribution in [0.4, 0.5) is 0 Å². The Hall–Kier alpha value is -1.88. The molecule has 0 unspecified atom stereocenters. The van der Waals surface area contributed by atoms with E-state index < -0.39 is 11.4 Å². The van der Waals surface area contributed by atoms with Crippen molar-refractivity contribution < 1.29 is 9.90 Å². The standard InChI is InChI=1S/C10H7ClN2O3/c1-13-4-6(10(15)16)8(14)5-2-3-7(11)12-9(5)13/h2-4H,1H3,(H,15,16). The Bertz CT molecular complexity index is 648. The molecular formula is C10H7ClN2O3. The summed E-state index contributed by atoms with van der Waals surface area (Å²) in [7, 11) is 1.61. The van der Waals surface area contributed by atoms with Gasteiger partial charge in [-0.3, -0.25) is 4.79 Å². The Labute approximate surface area is 94.9 Å². The first-order valence-corrected chi connectivity index (χ1v) is 4.77. The molecule has 2 aromatic rings. The van der Waals surface area contributed by atoms with Crippen LogP contribution in [0.1, 0.15) is 10.4 Å². The first kappa shape index (κ1) is 10.6. The maximum absolute atomic E-state index is 11.8. The fourth-order valence-corrected chi connectivity index (χ4v) is 1.63. The second-order valence-corrected chi connectivity index (χ2v) is 3.68. The van der Waals surface area contributed by atoms with Crippen LogP contribution in [0, 0.1) is 0 Å². The lowest BCUT2D eigenvalue weighted by Crippen LogP contribution is -2.18. The van der Waals surface area contributed by atoms with E-state index in [0.29, 0.717) is 5.65 Å². The number of pyridine rings is 2.